The van der Waals surface area contributed by atoms with Crippen LogP contribution in [0.25, 0.3) is 10.9 Å². The fourth-order valence-electron chi connectivity index (χ4n) is 5.96. The summed E-state index contributed by atoms with van der Waals surface area (Å²) in [6.07, 6.45) is 4.90. The molecule has 1 aliphatic carbocycles. The van der Waals surface area contributed by atoms with Crippen LogP contribution in [0.3, 0.4) is 0 Å². The van der Waals surface area contributed by atoms with E-state index in [0.717, 1.165) is 52.7 Å². The van der Waals surface area contributed by atoms with E-state index in [1.807, 2.05) is 64.1 Å². The molecule has 8 nitrogen and oxygen atoms in total. The van der Waals surface area contributed by atoms with Gasteiger partial charge in [0.1, 0.15) is 11.4 Å². The largest absolute Gasteiger partial charge is 0.496 e. The third kappa shape index (κ3) is 6.22. The lowest BCUT2D eigenvalue weighted by Gasteiger charge is -2.29. The van der Waals surface area contributed by atoms with Crippen molar-refractivity contribution in [1.82, 2.24) is 9.13 Å². The third-order valence-electron chi connectivity index (χ3n) is 8.17. The Morgan fingerprint density at radius 3 is 2.44 bits per heavy atom. The number of esters is 1. The molecule has 0 bridgehead atoms. The van der Waals surface area contributed by atoms with Gasteiger partial charge >= 0.3 is 12.1 Å². The van der Waals surface area contributed by atoms with Crippen LogP contribution in [0.1, 0.15) is 79.0 Å². The summed E-state index contributed by atoms with van der Waals surface area (Å²) in [5.41, 5.74) is 3.20. The number of aliphatic hydroxyl groups is 1. The van der Waals surface area contributed by atoms with Gasteiger partial charge in [-0.25, -0.2) is 9.59 Å². The zero-order chi connectivity index (χ0) is 29.5. The highest BCUT2D eigenvalue weighted by Gasteiger charge is 2.47. The van der Waals surface area contributed by atoms with E-state index in [9.17, 15) is 14.7 Å². The molecular weight excluding hydrogens is 536 g/mol. The van der Waals surface area contributed by atoms with E-state index < -0.39 is 17.3 Å². The number of nitrogens with zero attached hydrogens (tertiary/aromatic N) is 2. The van der Waals surface area contributed by atoms with Crippen molar-refractivity contribution in [2.75, 3.05) is 20.8 Å². The van der Waals surface area contributed by atoms with Crippen molar-refractivity contribution in [2.24, 2.45) is 5.92 Å². The molecule has 2 aliphatic rings. The van der Waals surface area contributed by atoms with Gasteiger partial charge in [-0.1, -0.05) is 12.1 Å². The maximum atomic E-state index is 13.1. The SMILES string of the molecule is COC(=O)c1ccc([C@@H]2C[C@](O)(C3CC3)CCN(Cc3c(OC)cc(C)c4c3ccn4C(=O)OC(C)(C)C)[Si]2)cc1. The Hall–Kier alpha value is -3.14. The Morgan fingerprint density at radius 2 is 1.83 bits per heavy atom. The molecule has 1 N–H and O–H groups in total. The Bertz CT molecular complexity index is 1440. The monoisotopic (exact) mass is 576 g/mol. The van der Waals surface area contributed by atoms with E-state index in [1.165, 1.54) is 7.11 Å². The lowest BCUT2D eigenvalue weighted by molar-refractivity contribution is 0.000234. The molecule has 1 saturated carbocycles. The number of rotatable bonds is 6. The summed E-state index contributed by atoms with van der Waals surface area (Å²) in [6.45, 7) is 8.94. The van der Waals surface area contributed by atoms with Crippen molar-refractivity contribution in [2.45, 2.75) is 76.7 Å². The minimum atomic E-state index is -0.708. The van der Waals surface area contributed by atoms with Crippen LogP contribution in [0, 0.1) is 12.8 Å². The summed E-state index contributed by atoms with van der Waals surface area (Å²) < 4.78 is 20.4. The smallest absolute Gasteiger partial charge is 0.419 e. The third-order valence-corrected chi connectivity index (χ3v) is 9.77. The molecular formula is C32H40N2O6Si. The first-order valence-corrected chi connectivity index (χ1v) is 15.3. The highest BCUT2D eigenvalue weighted by atomic mass is 28.2. The van der Waals surface area contributed by atoms with Crippen LogP contribution in [0.4, 0.5) is 4.79 Å². The van der Waals surface area contributed by atoms with Gasteiger partial charge in [0, 0.05) is 23.7 Å². The van der Waals surface area contributed by atoms with E-state index in [0.29, 0.717) is 40.5 Å². The van der Waals surface area contributed by atoms with Gasteiger partial charge in [-0.15, -0.1) is 0 Å². The van der Waals surface area contributed by atoms with E-state index in [4.69, 9.17) is 14.2 Å². The van der Waals surface area contributed by atoms with Crippen LogP contribution >= 0.6 is 0 Å². The molecule has 218 valence electrons. The summed E-state index contributed by atoms with van der Waals surface area (Å²) in [5, 5.41) is 12.7. The van der Waals surface area contributed by atoms with Crippen LogP contribution in [-0.4, -0.2) is 67.9 Å². The number of carbonyl (C=O) groups excluding carboxylic acids is 2. The van der Waals surface area contributed by atoms with E-state index in [2.05, 4.69) is 4.57 Å². The number of aromatic nitrogens is 1. The lowest BCUT2D eigenvalue weighted by Crippen LogP contribution is -2.33. The van der Waals surface area contributed by atoms with Crippen LogP contribution in [0.15, 0.2) is 42.6 Å². The van der Waals surface area contributed by atoms with Crippen molar-refractivity contribution in [3.63, 3.8) is 0 Å². The average molecular weight is 577 g/mol. The summed E-state index contributed by atoms with van der Waals surface area (Å²) in [4.78, 5) is 25.1. The minimum absolute atomic E-state index is 0.119. The summed E-state index contributed by atoms with van der Waals surface area (Å²) >= 11 is 0. The molecule has 41 heavy (non-hydrogen) atoms. The first kappa shape index (κ1) is 29.4. The number of carbonyl (C=O) groups is 2. The first-order valence-electron chi connectivity index (χ1n) is 14.2. The second-order valence-corrected chi connectivity index (χ2v) is 13.9. The topological polar surface area (TPSA) is 90.2 Å². The normalized spacial score (nSPS) is 21.9. The quantitative estimate of drug-likeness (QED) is 0.301. The Balaban J connectivity index is 1.48. The number of ether oxygens (including phenoxy) is 3. The Morgan fingerprint density at radius 1 is 1.12 bits per heavy atom. The molecule has 2 radical (unpaired) electrons. The van der Waals surface area contributed by atoms with Crippen molar-refractivity contribution in [1.29, 1.82) is 0 Å². The minimum Gasteiger partial charge on any atom is -0.496 e. The molecule has 1 aliphatic heterocycles. The van der Waals surface area contributed by atoms with Crippen molar-refractivity contribution in [3.05, 3.63) is 64.8 Å². The van der Waals surface area contributed by atoms with Gasteiger partial charge in [-0.3, -0.25) is 4.57 Å². The lowest BCUT2D eigenvalue weighted by atomic mass is 9.86. The van der Waals surface area contributed by atoms with Crippen molar-refractivity contribution >= 4 is 32.6 Å². The number of hydrogen-bond donors (Lipinski definition) is 1. The predicted molar refractivity (Wildman–Crippen MR) is 158 cm³/mol. The van der Waals surface area contributed by atoms with Crippen molar-refractivity contribution < 1.29 is 28.9 Å². The van der Waals surface area contributed by atoms with Gasteiger partial charge < -0.3 is 23.9 Å². The Labute approximate surface area is 244 Å². The molecule has 0 unspecified atom stereocenters. The summed E-state index contributed by atoms with van der Waals surface area (Å²) in [6, 6.07) is 11.6. The van der Waals surface area contributed by atoms with Gasteiger partial charge in [0.2, 0.25) is 0 Å². The zero-order valence-electron chi connectivity index (χ0n) is 24.8. The van der Waals surface area contributed by atoms with Crippen molar-refractivity contribution in [3.8, 4) is 5.75 Å². The molecule has 2 atom stereocenters. The van der Waals surface area contributed by atoms with Gasteiger partial charge in [-0.05, 0) is 107 Å². The molecule has 1 aromatic heterocycles. The number of methoxy groups -OCH3 is 2. The number of fused-ring (bicyclic) bond motifs is 1. The molecule has 3 aromatic rings. The fourth-order valence-corrected chi connectivity index (χ4v) is 7.67. The number of benzene rings is 2. The summed E-state index contributed by atoms with van der Waals surface area (Å²) in [7, 11) is 3.48. The van der Waals surface area contributed by atoms with Gasteiger partial charge in [0.15, 0.2) is 9.68 Å². The predicted octanol–water partition coefficient (Wildman–Crippen LogP) is 5.63. The van der Waals surface area contributed by atoms with Gasteiger partial charge in [-0.2, -0.15) is 0 Å². The molecule has 0 spiro atoms. The fraction of sp³-hybridized carbons (Fsp3) is 0.500. The average Bonchev–Trinajstić information content (AvgIpc) is 3.72. The maximum absolute atomic E-state index is 13.1. The maximum Gasteiger partial charge on any atom is 0.419 e. The summed E-state index contributed by atoms with van der Waals surface area (Å²) in [5.74, 6) is 0.764. The molecule has 1 saturated heterocycles. The first-order chi connectivity index (χ1) is 19.4. The van der Waals surface area contributed by atoms with Crippen LogP contribution in [0.5, 0.6) is 5.75 Å². The molecule has 9 heteroatoms. The standard InChI is InChI=1S/C32H40N2O6Si/c1-20-17-26(38-5)25(24-13-15-34(28(20)24)30(36)40-31(2,3)4)19-33-16-14-32(37,23-11-12-23)18-27(41-33)21-7-9-22(10-8-21)29(35)39-6/h7-10,13,15,17,23,27,37H,11-12,14,16,18-19H2,1-6H3/t27-,32-/m0/s1. The molecule has 5 rings (SSSR count). The van der Waals surface area contributed by atoms with Gasteiger partial charge in [0.05, 0.1) is 30.9 Å². The molecule has 0 amide bonds. The highest BCUT2D eigenvalue weighted by Crippen LogP contribution is 2.47. The number of hydrogen-bond acceptors (Lipinski definition) is 7. The van der Waals surface area contributed by atoms with Crippen LogP contribution in [0.2, 0.25) is 0 Å². The van der Waals surface area contributed by atoms with E-state index in [1.54, 1.807) is 17.9 Å². The van der Waals surface area contributed by atoms with Crippen LogP contribution in [-0.2, 0) is 16.0 Å². The Kier molecular flexibility index (Phi) is 8.07. The van der Waals surface area contributed by atoms with E-state index >= 15 is 0 Å². The highest BCUT2D eigenvalue weighted by molar-refractivity contribution is 6.34. The second-order valence-electron chi connectivity index (χ2n) is 12.4. The van der Waals surface area contributed by atoms with Crippen LogP contribution < -0.4 is 4.74 Å². The zero-order valence-corrected chi connectivity index (χ0v) is 25.8. The molecule has 2 heterocycles. The van der Waals surface area contributed by atoms with Gasteiger partial charge in [0.25, 0.3) is 0 Å². The number of aryl methyl sites for hydroxylation is 1. The second kappa shape index (κ2) is 11.3. The molecule has 2 aromatic carbocycles. The molecule has 2 fully saturated rings. The van der Waals surface area contributed by atoms with E-state index in [-0.39, 0.29) is 11.5 Å².